The fourth-order valence-electron chi connectivity index (χ4n) is 1.77. The molecule has 1 unspecified atom stereocenters. The van der Waals surface area contributed by atoms with Crippen molar-refractivity contribution in [1.82, 2.24) is 0 Å². The van der Waals surface area contributed by atoms with Gasteiger partial charge in [-0.15, -0.1) is 0 Å². The van der Waals surface area contributed by atoms with E-state index in [1.807, 2.05) is 12.1 Å². The molecule has 1 aromatic heterocycles. The molecule has 0 saturated carbocycles. The molecule has 0 aliphatic carbocycles. The van der Waals surface area contributed by atoms with Crippen LogP contribution >= 0.6 is 0 Å². The van der Waals surface area contributed by atoms with Gasteiger partial charge in [-0.3, -0.25) is 0 Å². The Balaban J connectivity index is 2.38. The highest BCUT2D eigenvalue weighted by molar-refractivity contribution is 4.98. The van der Waals surface area contributed by atoms with E-state index in [0.717, 1.165) is 16.7 Å². The molecule has 0 amide bonds. The van der Waals surface area contributed by atoms with Crippen LogP contribution in [0.1, 0.15) is 12.7 Å². The Labute approximate surface area is 80.8 Å². The zero-order valence-electron chi connectivity index (χ0n) is 9.08. The minimum atomic E-state index is 0.672. The average Bonchev–Trinajstić information content (AvgIpc) is 2.34. The SMILES string of the molecule is CC(Cc1ccco1)C[N+](C)(C)C. The van der Waals surface area contributed by atoms with Gasteiger partial charge in [-0.25, -0.2) is 0 Å². The fourth-order valence-corrected chi connectivity index (χ4v) is 1.77. The average molecular weight is 182 g/mol. The topological polar surface area (TPSA) is 13.1 Å². The lowest BCUT2D eigenvalue weighted by Crippen LogP contribution is -2.38. The Bertz CT molecular complexity index is 233. The third-order valence-electron chi connectivity index (χ3n) is 1.99. The Kier molecular flexibility index (Phi) is 3.15. The summed E-state index contributed by atoms with van der Waals surface area (Å²) >= 11 is 0. The van der Waals surface area contributed by atoms with Gasteiger partial charge in [-0.1, -0.05) is 6.92 Å². The quantitative estimate of drug-likeness (QED) is 0.650. The molecule has 0 saturated heterocycles. The molecule has 0 spiro atoms. The molecule has 0 radical (unpaired) electrons. The Morgan fingerprint density at radius 3 is 2.54 bits per heavy atom. The Morgan fingerprint density at radius 2 is 2.08 bits per heavy atom. The lowest BCUT2D eigenvalue weighted by atomic mass is 10.1. The number of furan rings is 1. The second-order valence-corrected chi connectivity index (χ2v) is 4.86. The number of hydrogen-bond donors (Lipinski definition) is 0. The molecule has 0 fully saturated rings. The third kappa shape index (κ3) is 4.13. The minimum Gasteiger partial charge on any atom is -0.469 e. The van der Waals surface area contributed by atoms with Crippen LogP contribution in [-0.4, -0.2) is 32.2 Å². The molecule has 1 rings (SSSR count). The van der Waals surface area contributed by atoms with Crippen molar-refractivity contribution in [1.29, 1.82) is 0 Å². The van der Waals surface area contributed by atoms with Gasteiger partial charge in [0.1, 0.15) is 5.76 Å². The first-order valence-electron chi connectivity index (χ1n) is 4.80. The van der Waals surface area contributed by atoms with Gasteiger partial charge in [0.05, 0.1) is 34.0 Å². The maximum absolute atomic E-state index is 5.31. The van der Waals surface area contributed by atoms with Crippen LogP contribution in [0, 0.1) is 5.92 Å². The summed E-state index contributed by atoms with van der Waals surface area (Å²) < 4.78 is 6.33. The van der Waals surface area contributed by atoms with Crippen LogP contribution in [-0.2, 0) is 6.42 Å². The van der Waals surface area contributed by atoms with E-state index >= 15 is 0 Å². The fraction of sp³-hybridized carbons (Fsp3) is 0.636. The number of rotatable bonds is 4. The van der Waals surface area contributed by atoms with E-state index in [1.165, 1.54) is 6.54 Å². The van der Waals surface area contributed by atoms with Crippen molar-refractivity contribution in [2.75, 3.05) is 27.7 Å². The molecule has 0 bridgehead atoms. The van der Waals surface area contributed by atoms with Gasteiger partial charge in [0, 0.05) is 12.3 Å². The molecule has 0 aliphatic heterocycles. The Hall–Kier alpha value is -0.760. The van der Waals surface area contributed by atoms with E-state index in [0.29, 0.717) is 5.92 Å². The van der Waals surface area contributed by atoms with Crippen molar-refractivity contribution in [2.24, 2.45) is 5.92 Å². The summed E-state index contributed by atoms with van der Waals surface area (Å²) in [6.45, 7) is 3.45. The van der Waals surface area contributed by atoms with Crippen molar-refractivity contribution in [3.05, 3.63) is 24.2 Å². The van der Waals surface area contributed by atoms with Crippen molar-refractivity contribution in [2.45, 2.75) is 13.3 Å². The van der Waals surface area contributed by atoms with Gasteiger partial charge >= 0.3 is 0 Å². The summed E-state index contributed by atoms with van der Waals surface area (Å²) in [5.74, 6) is 1.77. The standard InChI is InChI=1S/C11H20NO/c1-10(9-12(2,3)4)8-11-6-5-7-13-11/h5-7,10H,8-9H2,1-4H3/q+1. The molecule has 0 N–H and O–H groups in total. The molecule has 1 atom stereocenters. The highest BCUT2D eigenvalue weighted by atomic mass is 16.3. The summed E-state index contributed by atoms with van der Waals surface area (Å²) in [6.07, 6.45) is 2.79. The van der Waals surface area contributed by atoms with Gasteiger partial charge in [-0.05, 0) is 12.1 Å². The predicted molar refractivity (Wildman–Crippen MR) is 54.5 cm³/mol. The van der Waals surface area contributed by atoms with Crippen molar-refractivity contribution < 1.29 is 8.90 Å². The van der Waals surface area contributed by atoms with Gasteiger partial charge < -0.3 is 8.90 Å². The summed E-state index contributed by atoms with van der Waals surface area (Å²) in [6, 6.07) is 4.00. The minimum absolute atomic E-state index is 0.672. The molecule has 74 valence electrons. The Morgan fingerprint density at radius 1 is 1.38 bits per heavy atom. The van der Waals surface area contributed by atoms with E-state index in [2.05, 4.69) is 28.1 Å². The smallest absolute Gasteiger partial charge is 0.104 e. The van der Waals surface area contributed by atoms with Crippen LogP contribution in [0.15, 0.2) is 22.8 Å². The van der Waals surface area contributed by atoms with Gasteiger partial charge in [0.25, 0.3) is 0 Å². The van der Waals surface area contributed by atoms with Gasteiger partial charge in [0.15, 0.2) is 0 Å². The van der Waals surface area contributed by atoms with E-state index in [-0.39, 0.29) is 0 Å². The molecule has 2 heteroatoms. The largest absolute Gasteiger partial charge is 0.469 e. The van der Waals surface area contributed by atoms with E-state index in [9.17, 15) is 0 Å². The van der Waals surface area contributed by atoms with E-state index in [4.69, 9.17) is 4.42 Å². The van der Waals surface area contributed by atoms with Crippen molar-refractivity contribution in [3.63, 3.8) is 0 Å². The molecule has 13 heavy (non-hydrogen) atoms. The van der Waals surface area contributed by atoms with Crippen LogP contribution in [0.5, 0.6) is 0 Å². The number of nitrogens with zero attached hydrogens (tertiary/aromatic N) is 1. The van der Waals surface area contributed by atoms with Crippen LogP contribution in [0.25, 0.3) is 0 Å². The zero-order chi connectivity index (χ0) is 9.90. The van der Waals surface area contributed by atoms with Crippen LogP contribution in [0.3, 0.4) is 0 Å². The highest BCUT2D eigenvalue weighted by Crippen LogP contribution is 2.11. The molecule has 0 aliphatic rings. The summed E-state index contributed by atoms with van der Waals surface area (Å²) in [5.41, 5.74) is 0. The second-order valence-electron chi connectivity index (χ2n) is 4.86. The van der Waals surface area contributed by atoms with Crippen molar-refractivity contribution in [3.8, 4) is 0 Å². The summed E-state index contributed by atoms with van der Waals surface area (Å²) in [5, 5.41) is 0. The molecular weight excluding hydrogens is 162 g/mol. The number of hydrogen-bond acceptors (Lipinski definition) is 1. The van der Waals surface area contributed by atoms with Crippen LogP contribution in [0.4, 0.5) is 0 Å². The van der Waals surface area contributed by atoms with Crippen LogP contribution in [0.2, 0.25) is 0 Å². The van der Waals surface area contributed by atoms with Crippen molar-refractivity contribution >= 4 is 0 Å². The first-order chi connectivity index (χ1) is 5.97. The normalized spacial score (nSPS) is 14.5. The lowest BCUT2D eigenvalue weighted by molar-refractivity contribution is -0.873. The van der Waals surface area contributed by atoms with E-state index in [1.54, 1.807) is 6.26 Å². The zero-order valence-corrected chi connectivity index (χ0v) is 9.08. The summed E-state index contributed by atoms with van der Waals surface area (Å²) in [4.78, 5) is 0. The first kappa shape index (κ1) is 10.3. The number of quaternary nitrogens is 1. The molecule has 2 nitrogen and oxygen atoms in total. The van der Waals surface area contributed by atoms with Gasteiger partial charge in [0.2, 0.25) is 0 Å². The van der Waals surface area contributed by atoms with Gasteiger partial charge in [-0.2, -0.15) is 0 Å². The monoisotopic (exact) mass is 182 g/mol. The molecule has 0 aromatic carbocycles. The maximum atomic E-state index is 5.31. The van der Waals surface area contributed by atoms with Crippen LogP contribution < -0.4 is 0 Å². The maximum Gasteiger partial charge on any atom is 0.104 e. The molecule has 1 aromatic rings. The lowest BCUT2D eigenvalue weighted by Gasteiger charge is -2.27. The predicted octanol–water partition coefficient (Wildman–Crippen LogP) is 2.16. The van der Waals surface area contributed by atoms with E-state index < -0.39 is 0 Å². The summed E-state index contributed by atoms with van der Waals surface area (Å²) in [7, 11) is 6.66. The highest BCUT2D eigenvalue weighted by Gasteiger charge is 2.14. The molecule has 1 heterocycles. The third-order valence-corrected chi connectivity index (χ3v) is 1.99. The molecular formula is C11H20NO+. The second kappa shape index (κ2) is 3.97. The first-order valence-corrected chi connectivity index (χ1v) is 4.80.